The summed E-state index contributed by atoms with van der Waals surface area (Å²) in [5.41, 5.74) is 5.66. The Balaban J connectivity index is 0.899. The fourth-order valence-corrected chi connectivity index (χ4v) is 7.35. The number of nitrogens with one attached hydrogen (secondary N) is 2. The highest BCUT2D eigenvalue weighted by Crippen LogP contribution is 2.30. The Morgan fingerprint density at radius 3 is 2.57 bits per heavy atom. The second-order valence-electron chi connectivity index (χ2n) is 15.9. The Morgan fingerprint density at radius 2 is 1.83 bits per heavy atom. The number of ether oxygens (including phenoxy) is 1. The predicted octanol–water partition coefficient (Wildman–Crippen LogP) is 5.99. The lowest BCUT2D eigenvalue weighted by Gasteiger charge is -2.36. The third kappa shape index (κ3) is 8.64. The second kappa shape index (κ2) is 16.3. The summed E-state index contributed by atoms with van der Waals surface area (Å²) in [5.74, 6) is -0.848. The molecule has 0 bridgehead atoms. The number of piperidine rings is 2. The summed E-state index contributed by atoms with van der Waals surface area (Å²) in [7, 11) is 0. The van der Waals surface area contributed by atoms with Crippen LogP contribution in [0.3, 0.4) is 0 Å². The van der Waals surface area contributed by atoms with Crippen LogP contribution in [0.2, 0.25) is 0 Å². The number of halogens is 1. The van der Waals surface area contributed by atoms with Crippen LogP contribution in [-0.2, 0) is 34.5 Å². The van der Waals surface area contributed by atoms with E-state index in [4.69, 9.17) is 14.2 Å². The molecule has 0 saturated carbocycles. The quantitative estimate of drug-likeness (QED) is 0.148. The molecule has 58 heavy (non-hydrogen) atoms. The molecule has 2 aromatic carbocycles. The summed E-state index contributed by atoms with van der Waals surface area (Å²) in [6, 6.07) is 19.1. The van der Waals surface area contributed by atoms with Gasteiger partial charge in [0.15, 0.2) is 6.10 Å². The van der Waals surface area contributed by atoms with Crippen LogP contribution in [0.25, 0.3) is 28.0 Å². The van der Waals surface area contributed by atoms with E-state index in [1.165, 1.54) is 24.4 Å². The van der Waals surface area contributed by atoms with Gasteiger partial charge in [0.25, 0.3) is 17.6 Å². The Labute approximate surface area is 334 Å². The molecule has 0 aliphatic carbocycles. The van der Waals surface area contributed by atoms with E-state index in [1.807, 2.05) is 57.4 Å². The fraction of sp³-hybridized carbons (Fsp3) is 0.349. The lowest BCUT2D eigenvalue weighted by molar-refractivity contribution is -0.138. The molecule has 2 aliphatic rings. The van der Waals surface area contributed by atoms with Gasteiger partial charge in [-0.3, -0.25) is 29.6 Å². The Morgan fingerprint density at radius 1 is 1.00 bits per heavy atom. The first-order chi connectivity index (χ1) is 28.0. The van der Waals surface area contributed by atoms with Crippen molar-refractivity contribution in [1.29, 1.82) is 0 Å². The first-order valence-electron chi connectivity index (χ1n) is 19.5. The Kier molecular flexibility index (Phi) is 10.8. The van der Waals surface area contributed by atoms with Crippen molar-refractivity contribution in [2.75, 3.05) is 6.54 Å². The molecule has 2 atom stereocenters. The zero-order valence-electron chi connectivity index (χ0n) is 32.6. The van der Waals surface area contributed by atoms with E-state index >= 15 is 4.39 Å². The number of hydrogen-bond donors (Lipinski definition) is 2. The summed E-state index contributed by atoms with van der Waals surface area (Å²) in [6.45, 7) is 7.43. The lowest BCUT2D eigenvalue weighted by Crippen LogP contribution is -2.46. The molecular formula is C43H44FN9O5. The van der Waals surface area contributed by atoms with Gasteiger partial charge >= 0.3 is 0 Å². The molecule has 3 amide bonds. The van der Waals surface area contributed by atoms with E-state index in [1.54, 1.807) is 16.6 Å². The minimum absolute atomic E-state index is 0.0574. The van der Waals surface area contributed by atoms with Crippen LogP contribution >= 0.6 is 0 Å². The maximum absolute atomic E-state index is 15.4. The number of hydrogen-bond acceptors (Lipinski definition) is 11. The van der Waals surface area contributed by atoms with Gasteiger partial charge in [0.2, 0.25) is 11.8 Å². The first kappa shape index (κ1) is 38.5. The Hall–Kier alpha value is -6.35. The van der Waals surface area contributed by atoms with E-state index in [2.05, 4.69) is 54.0 Å². The van der Waals surface area contributed by atoms with Crippen molar-refractivity contribution in [3.05, 3.63) is 114 Å². The van der Waals surface area contributed by atoms with Crippen molar-refractivity contribution in [2.45, 2.75) is 89.9 Å². The predicted molar refractivity (Wildman–Crippen MR) is 211 cm³/mol. The van der Waals surface area contributed by atoms with Crippen molar-refractivity contribution < 1.29 is 28.0 Å². The van der Waals surface area contributed by atoms with E-state index < -0.39 is 23.2 Å². The number of fused-ring (bicyclic) bond motifs is 1. The normalized spacial score (nSPS) is 17.7. The van der Waals surface area contributed by atoms with Crippen molar-refractivity contribution in [2.24, 2.45) is 0 Å². The average molecular weight is 786 g/mol. The van der Waals surface area contributed by atoms with Gasteiger partial charge in [-0.2, -0.15) is 10.1 Å². The number of pyridine rings is 1. The number of benzene rings is 2. The monoisotopic (exact) mass is 785 g/mol. The molecule has 2 fully saturated rings. The number of amides is 3. The van der Waals surface area contributed by atoms with Gasteiger partial charge in [0.1, 0.15) is 17.9 Å². The van der Waals surface area contributed by atoms with Gasteiger partial charge < -0.3 is 14.6 Å². The maximum Gasteiger partial charge on any atom is 0.292 e. The van der Waals surface area contributed by atoms with Crippen molar-refractivity contribution in [1.82, 2.24) is 45.3 Å². The van der Waals surface area contributed by atoms with Crippen LogP contribution in [-0.4, -0.2) is 71.0 Å². The SMILES string of the molecule is CC(C)(C)c1nc(C(=O)NCc2ccc(-c3ncnn4cc(-c5ccc(CN6CCCCC6Cc6ccc(OC7CCC(=O)NC7=O)cc6)cn5)cc34)cc2F)no1. The highest BCUT2D eigenvalue weighted by atomic mass is 19.1. The molecule has 15 heteroatoms. The summed E-state index contributed by atoms with van der Waals surface area (Å²) >= 11 is 0. The summed E-state index contributed by atoms with van der Waals surface area (Å²) in [5, 5.41) is 13.1. The standard InChI is InChI=1S/C43H44FN9O5/c1-43(2,3)42-50-39(51-58-42)41(56)46-22-29-11-10-28(19-33(29)44)38-35-20-30(24-53(35)48-25-47-38)34-14-9-27(21-45-34)23-52-17-5-4-6-31(52)18-26-7-12-32(13-8-26)57-36-15-16-37(54)49-40(36)55/h7-14,19-21,24-25,31,36H,4-6,15-18,22-23H2,1-3H3,(H,46,56)(H,49,54,55). The van der Waals surface area contributed by atoms with Crippen LogP contribution in [0, 0.1) is 5.82 Å². The molecule has 2 saturated heterocycles. The van der Waals surface area contributed by atoms with E-state index in [-0.39, 0.29) is 30.6 Å². The second-order valence-corrected chi connectivity index (χ2v) is 15.9. The highest BCUT2D eigenvalue weighted by Gasteiger charge is 2.29. The molecule has 6 aromatic rings. The molecular weight excluding hydrogens is 742 g/mol. The maximum atomic E-state index is 15.4. The third-order valence-electron chi connectivity index (χ3n) is 10.6. The van der Waals surface area contributed by atoms with Crippen molar-refractivity contribution in [3.8, 4) is 28.3 Å². The van der Waals surface area contributed by atoms with Gasteiger partial charge in [-0.05, 0) is 67.3 Å². The summed E-state index contributed by atoms with van der Waals surface area (Å²) < 4.78 is 28.2. The smallest absolute Gasteiger partial charge is 0.292 e. The number of likely N-dealkylation sites (tertiary alicyclic amines) is 1. The van der Waals surface area contributed by atoms with E-state index in [0.29, 0.717) is 46.4 Å². The number of nitrogens with zero attached hydrogens (tertiary/aromatic N) is 7. The summed E-state index contributed by atoms with van der Waals surface area (Å²) in [6.07, 6.45) is 9.56. The van der Waals surface area contributed by atoms with Gasteiger partial charge in [-0.1, -0.05) is 62.7 Å². The van der Waals surface area contributed by atoms with Crippen LogP contribution in [0.5, 0.6) is 5.75 Å². The molecule has 4 aromatic heterocycles. The van der Waals surface area contributed by atoms with Gasteiger partial charge in [0, 0.05) is 66.5 Å². The zero-order valence-corrected chi connectivity index (χ0v) is 32.6. The van der Waals surface area contributed by atoms with Crippen LogP contribution in [0.4, 0.5) is 4.39 Å². The van der Waals surface area contributed by atoms with Gasteiger partial charge in [0.05, 0.1) is 16.9 Å². The number of carbonyl (C=O) groups excluding carboxylic acids is 3. The number of carbonyl (C=O) groups is 3. The topological polar surface area (TPSA) is 170 Å². The number of aromatic nitrogens is 6. The number of rotatable bonds is 11. The fourth-order valence-electron chi connectivity index (χ4n) is 7.35. The molecule has 298 valence electrons. The molecule has 0 spiro atoms. The highest BCUT2D eigenvalue weighted by molar-refractivity contribution is 6.00. The van der Waals surface area contributed by atoms with E-state index in [9.17, 15) is 14.4 Å². The minimum Gasteiger partial charge on any atom is -0.481 e. The van der Waals surface area contributed by atoms with Crippen molar-refractivity contribution in [3.63, 3.8) is 0 Å². The minimum atomic E-state index is -0.655. The first-order valence-corrected chi connectivity index (χ1v) is 19.5. The lowest BCUT2D eigenvalue weighted by atomic mass is 9.95. The van der Waals surface area contributed by atoms with Crippen LogP contribution in [0.15, 0.2) is 83.9 Å². The molecule has 2 aliphatic heterocycles. The van der Waals surface area contributed by atoms with Crippen LogP contribution in [0.1, 0.15) is 86.1 Å². The van der Waals surface area contributed by atoms with Crippen molar-refractivity contribution >= 4 is 23.2 Å². The zero-order chi connectivity index (χ0) is 40.4. The molecule has 8 rings (SSSR count). The number of imide groups is 1. The van der Waals surface area contributed by atoms with Gasteiger partial charge in [-0.15, -0.1) is 0 Å². The average Bonchev–Trinajstić information content (AvgIpc) is 3.89. The summed E-state index contributed by atoms with van der Waals surface area (Å²) in [4.78, 5) is 52.2. The third-order valence-corrected chi connectivity index (χ3v) is 10.6. The molecule has 6 heterocycles. The largest absolute Gasteiger partial charge is 0.481 e. The molecule has 14 nitrogen and oxygen atoms in total. The van der Waals surface area contributed by atoms with Crippen LogP contribution < -0.4 is 15.4 Å². The Bertz CT molecular complexity index is 2460. The van der Waals surface area contributed by atoms with Gasteiger partial charge in [-0.25, -0.2) is 13.9 Å². The molecule has 0 radical (unpaired) electrons. The van der Waals surface area contributed by atoms with E-state index in [0.717, 1.165) is 49.2 Å². The molecule has 2 N–H and O–H groups in total. The molecule has 2 unspecified atom stereocenters.